The zero-order valence-corrected chi connectivity index (χ0v) is 13.3. The molecule has 0 aromatic heterocycles. The first kappa shape index (κ1) is 14.3. The Morgan fingerprint density at radius 3 is 2.53 bits per heavy atom. The Morgan fingerprint density at radius 2 is 1.89 bits per heavy atom. The molecule has 1 unspecified atom stereocenters. The minimum atomic E-state index is 0.182. The highest BCUT2D eigenvalue weighted by Gasteiger charge is 2.06. The molecule has 0 heterocycles. The number of nitrogens with two attached hydrogens (primary N) is 1. The molecule has 2 aromatic rings. The summed E-state index contributed by atoms with van der Waals surface area (Å²) >= 11 is 2.28. The van der Waals surface area contributed by atoms with Crippen LogP contribution in [0, 0.1) is 10.5 Å². The van der Waals surface area contributed by atoms with E-state index in [9.17, 15) is 0 Å². The Balaban J connectivity index is 2.20. The van der Waals surface area contributed by atoms with Crippen molar-refractivity contribution in [1.82, 2.24) is 0 Å². The second-order valence-electron chi connectivity index (χ2n) is 4.81. The molecule has 2 N–H and O–H groups in total. The third kappa shape index (κ3) is 3.94. The number of para-hydroxylation sites is 1. The van der Waals surface area contributed by atoms with Crippen LogP contribution in [0.4, 0.5) is 0 Å². The molecule has 2 nitrogen and oxygen atoms in total. The molecule has 100 valence electrons. The van der Waals surface area contributed by atoms with Gasteiger partial charge in [0.1, 0.15) is 11.5 Å². The number of benzene rings is 2. The lowest BCUT2D eigenvalue weighted by Crippen LogP contribution is -2.17. The van der Waals surface area contributed by atoms with Gasteiger partial charge in [-0.15, -0.1) is 0 Å². The molecular weight excluding hydrogens is 349 g/mol. The monoisotopic (exact) mass is 367 g/mol. The zero-order chi connectivity index (χ0) is 13.8. The highest BCUT2D eigenvalue weighted by molar-refractivity contribution is 14.1. The van der Waals surface area contributed by atoms with Crippen LogP contribution in [0.15, 0.2) is 42.5 Å². The Labute approximate surface area is 128 Å². The number of hydrogen-bond donors (Lipinski definition) is 1. The van der Waals surface area contributed by atoms with Gasteiger partial charge in [-0.05, 0) is 72.2 Å². The molecule has 0 radical (unpaired) electrons. The maximum Gasteiger partial charge on any atom is 0.140 e. The molecule has 2 rings (SSSR count). The smallest absolute Gasteiger partial charge is 0.140 e. The summed E-state index contributed by atoms with van der Waals surface area (Å²) in [4.78, 5) is 0. The molecule has 0 saturated heterocycles. The maximum atomic E-state index is 5.96. The van der Waals surface area contributed by atoms with Crippen LogP contribution in [-0.4, -0.2) is 6.04 Å². The lowest BCUT2D eigenvalue weighted by Gasteiger charge is -2.12. The lowest BCUT2D eigenvalue weighted by molar-refractivity contribution is 0.475. The van der Waals surface area contributed by atoms with Crippen LogP contribution in [0.25, 0.3) is 0 Å². The maximum absolute atomic E-state index is 5.96. The minimum absolute atomic E-state index is 0.182. The molecular formula is C16H18INO. The summed E-state index contributed by atoms with van der Waals surface area (Å²) in [5.74, 6) is 1.80. The van der Waals surface area contributed by atoms with Gasteiger partial charge in [-0.2, -0.15) is 0 Å². The largest absolute Gasteiger partial charge is 0.456 e. The van der Waals surface area contributed by atoms with Crippen LogP contribution in [-0.2, 0) is 6.42 Å². The van der Waals surface area contributed by atoms with Crippen molar-refractivity contribution in [3.05, 3.63) is 57.2 Å². The highest BCUT2D eigenvalue weighted by Crippen LogP contribution is 2.29. The molecule has 0 bridgehead atoms. The standard InChI is InChI=1S/C16H18INO/c1-11-9-13(10-12(2)18)7-8-15(11)19-16-6-4-3-5-14(16)17/h3-9,12H,10,18H2,1-2H3. The summed E-state index contributed by atoms with van der Waals surface area (Å²) in [6, 6.07) is 14.4. The highest BCUT2D eigenvalue weighted by atomic mass is 127. The van der Waals surface area contributed by atoms with Crippen molar-refractivity contribution in [2.24, 2.45) is 5.73 Å². The van der Waals surface area contributed by atoms with Crippen molar-refractivity contribution in [3.8, 4) is 11.5 Å². The van der Waals surface area contributed by atoms with Gasteiger partial charge in [0.05, 0.1) is 3.57 Å². The summed E-state index contributed by atoms with van der Waals surface area (Å²) < 4.78 is 7.07. The van der Waals surface area contributed by atoms with Crippen LogP contribution in [0.2, 0.25) is 0 Å². The van der Waals surface area contributed by atoms with E-state index in [0.29, 0.717) is 0 Å². The summed E-state index contributed by atoms with van der Waals surface area (Å²) in [7, 11) is 0. The van der Waals surface area contributed by atoms with Crippen LogP contribution in [0.1, 0.15) is 18.1 Å². The van der Waals surface area contributed by atoms with Gasteiger partial charge in [-0.1, -0.05) is 24.3 Å². The van der Waals surface area contributed by atoms with Crippen LogP contribution in [0.3, 0.4) is 0 Å². The van der Waals surface area contributed by atoms with E-state index in [0.717, 1.165) is 27.1 Å². The van der Waals surface area contributed by atoms with E-state index >= 15 is 0 Å². The summed E-state index contributed by atoms with van der Waals surface area (Å²) in [6.45, 7) is 4.09. The predicted octanol–water partition coefficient (Wildman–Crippen LogP) is 4.28. The molecule has 0 saturated carbocycles. The molecule has 3 heteroatoms. The fraction of sp³-hybridized carbons (Fsp3) is 0.250. The second-order valence-corrected chi connectivity index (χ2v) is 5.98. The summed E-state index contributed by atoms with van der Waals surface area (Å²) in [5.41, 5.74) is 8.21. The predicted molar refractivity (Wildman–Crippen MR) is 87.8 cm³/mol. The van der Waals surface area contributed by atoms with Gasteiger partial charge < -0.3 is 10.5 Å². The van der Waals surface area contributed by atoms with Gasteiger partial charge in [0, 0.05) is 6.04 Å². The third-order valence-corrected chi connectivity index (χ3v) is 3.74. The van der Waals surface area contributed by atoms with E-state index < -0.39 is 0 Å². The van der Waals surface area contributed by atoms with Crippen molar-refractivity contribution in [1.29, 1.82) is 0 Å². The second kappa shape index (κ2) is 6.39. The molecule has 0 spiro atoms. The van der Waals surface area contributed by atoms with Gasteiger partial charge in [0.25, 0.3) is 0 Å². The van der Waals surface area contributed by atoms with E-state index in [1.165, 1.54) is 5.56 Å². The van der Waals surface area contributed by atoms with Crippen LogP contribution < -0.4 is 10.5 Å². The van der Waals surface area contributed by atoms with Crippen molar-refractivity contribution in [2.75, 3.05) is 0 Å². The van der Waals surface area contributed by atoms with Crippen molar-refractivity contribution in [2.45, 2.75) is 26.3 Å². The van der Waals surface area contributed by atoms with Gasteiger partial charge in [0.15, 0.2) is 0 Å². The van der Waals surface area contributed by atoms with Gasteiger partial charge >= 0.3 is 0 Å². The van der Waals surface area contributed by atoms with E-state index in [1.807, 2.05) is 37.3 Å². The number of ether oxygens (including phenoxy) is 1. The Kier molecular flexibility index (Phi) is 4.82. The van der Waals surface area contributed by atoms with Crippen molar-refractivity contribution >= 4 is 22.6 Å². The number of hydrogen-bond acceptors (Lipinski definition) is 2. The average molecular weight is 367 g/mol. The molecule has 0 amide bonds. The molecule has 1 atom stereocenters. The van der Waals surface area contributed by atoms with E-state index in [-0.39, 0.29) is 6.04 Å². The quantitative estimate of drug-likeness (QED) is 0.819. The first-order chi connectivity index (χ1) is 9.06. The average Bonchev–Trinajstić information content (AvgIpc) is 2.34. The third-order valence-electron chi connectivity index (χ3n) is 2.85. The Hall–Kier alpha value is -1.07. The fourth-order valence-corrected chi connectivity index (χ4v) is 2.47. The van der Waals surface area contributed by atoms with Crippen molar-refractivity contribution in [3.63, 3.8) is 0 Å². The molecule has 2 aromatic carbocycles. The minimum Gasteiger partial charge on any atom is -0.456 e. The van der Waals surface area contributed by atoms with Gasteiger partial charge in [-0.3, -0.25) is 0 Å². The first-order valence-corrected chi connectivity index (χ1v) is 7.41. The van der Waals surface area contributed by atoms with Crippen LogP contribution >= 0.6 is 22.6 Å². The first-order valence-electron chi connectivity index (χ1n) is 6.34. The van der Waals surface area contributed by atoms with E-state index in [4.69, 9.17) is 10.5 Å². The summed E-state index contributed by atoms with van der Waals surface area (Å²) in [5, 5.41) is 0. The van der Waals surface area contributed by atoms with Crippen molar-refractivity contribution < 1.29 is 4.74 Å². The Morgan fingerprint density at radius 1 is 1.16 bits per heavy atom. The molecule has 0 fully saturated rings. The number of halogens is 1. The zero-order valence-electron chi connectivity index (χ0n) is 11.2. The fourth-order valence-electron chi connectivity index (χ4n) is 1.97. The molecule has 0 aliphatic heterocycles. The van der Waals surface area contributed by atoms with Crippen LogP contribution in [0.5, 0.6) is 11.5 Å². The van der Waals surface area contributed by atoms with E-state index in [1.54, 1.807) is 0 Å². The molecule has 19 heavy (non-hydrogen) atoms. The van der Waals surface area contributed by atoms with E-state index in [2.05, 4.69) is 41.6 Å². The normalized spacial score (nSPS) is 12.2. The molecule has 0 aliphatic rings. The SMILES string of the molecule is Cc1cc(CC(C)N)ccc1Oc1ccccc1I. The topological polar surface area (TPSA) is 35.2 Å². The summed E-state index contributed by atoms with van der Waals surface area (Å²) in [6.07, 6.45) is 0.893. The van der Waals surface area contributed by atoms with Gasteiger partial charge in [-0.25, -0.2) is 0 Å². The lowest BCUT2D eigenvalue weighted by atomic mass is 10.0. The Bertz CT molecular complexity index is 566. The molecule has 0 aliphatic carbocycles. The number of rotatable bonds is 4. The number of aryl methyl sites for hydroxylation is 1. The van der Waals surface area contributed by atoms with Gasteiger partial charge in [0.2, 0.25) is 0 Å².